The van der Waals surface area contributed by atoms with E-state index in [0.29, 0.717) is 11.9 Å². The molecule has 19 heavy (non-hydrogen) atoms. The molecule has 1 aliphatic carbocycles. The maximum absolute atomic E-state index is 12.7. The first kappa shape index (κ1) is 12.1. The predicted octanol–water partition coefficient (Wildman–Crippen LogP) is -0.996. The zero-order chi connectivity index (χ0) is 13.5. The lowest BCUT2D eigenvalue weighted by Gasteiger charge is -2.21. The lowest BCUT2D eigenvalue weighted by molar-refractivity contribution is -0.242. The van der Waals surface area contributed by atoms with E-state index in [9.17, 15) is 5.11 Å². The van der Waals surface area contributed by atoms with E-state index in [2.05, 4.69) is 31.1 Å². The third-order valence-corrected chi connectivity index (χ3v) is 3.14. The van der Waals surface area contributed by atoms with E-state index in [0.717, 1.165) is 12.8 Å². The Bertz CT molecular complexity index is 576. The van der Waals surface area contributed by atoms with E-state index in [1.54, 1.807) is 11.7 Å². The highest BCUT2D eigenvalue weighted by atomic mass is 16.6. The molecule has 0 aliphatic heterocycles. The largest absolute Gasteiger partial charge is 0.344 e. The van der Waals surface area contributed by atoms with Gasteiger partial charge in [-0.25, -0.2) is 9.36 Å². The highest BCUT2D eigenvalue weighted by molar-refractivity contribution is 5.01. The lowest BCUT2D eigenvalue weighted by atomic mass is 10.1. The van der Waals surface area contributed by atoms with E-state index < -0.39 is 5.79 Å². The van der Waals surface area contributed by atoms with Crippen LogP contribution in [-0.4, -0.2) is 47.5 Å². The maximum Gasteiger partial charge on any atom is 0.271 e. The minimum atomic E-state index is -1.90. The fraction of sp³-hybridized carbons (Fsp3) is 0.778. The summed E-state index contributed by atoms with van der Waals surface area (Å²) in [6.07, 6.45) is 2.03. The maximum atomic E-state index is 12.7. The second kappa shape index (κ2) is 4.31. The lowest BCUT2D eigenvalue weighted by Crippen LogP contribution is -2.34. The van der Waals surface area contributed by atoms with Crippen LogP contribution in [0.3, 0.4) is 0 Å². The zero-order valence-electron chi connectivity index (χ0n) is 10.6. The fourth-order valence-electron chi connectivity index (χ4n) is 1.93. The van der Waals surface area contributed by atoms with Gasteiger partial charge in [0.1, 0.15) is 0 Å². The molecule has 1 saturated carbocycles. The van der Waals surface area contributed by atoms with Crippen LogP contribution in [0.5, 0.6) is 0 Å². The van der Waals surface area contributed by atoms with Gasteiger partial charge in [-0.2, -0.15) is 5.11 Å². The summed E-state index contributed by atoms with van der Waals surface area (Å²) >= 11 is 0. The Balaban J connectivity index is 1.90. The third kappa shape index (κ3) is 2.08. The van der Waals surface area contributed by atoms with Crippen molar-refractivity contribution in [1.29, 1.82) is 0 Å². The van der Waals surface area contributed by atoms with E-state index in [-0.39, 0.29) is 12.2 Å². The van der Waals surface area contributed by atoms with Gasteiger partial charge in [0.15, 0.2) is 5.82 Å². The van der Waals surface area contributed by atoms with Crippen LogP contribution < -0.4 is 0 Å². The SMILES string of the molecule is COC([O])(Cc1nnnn1C1CC1)c1nnnn1C. The smallest absolute Gasteiger partial charge is 0.271 e. The first-order valence-electron chi connectivity index (χ1n) is 5.89. The Hall–Kier alpha value is -1.94. The second-order valence-electron chi connectivity index (χ2n) is 4.53. The molecule has 1 fully saturated rings. The second-order valence-corrected chi connectivity index (χ2v) is 4.53. The number of aromatic nitrogens is 8. The van der Waals surface area contributed by atoms with E-state index >= 15 is 0 Å². The van der Waals surface area contributed by atoms with Crippen LogP contribution in [0.4, 0.5) is 0 Å². The Labute approximate surface area is 108 Å². The van der Waals surface area contributed by atoms with E-state index in [4.69, 9.17) is 4.74 Å². The Morgan fingerprint density at radius 3 is 2.63 bits per heavy atom. The molecule has 2 heterocycles. The number of methoxy groups -OCH3 is 1. The van der Waals surface area contributed by atoms with Gasteiger partial charge < -0.3 is 4.74 Å². The van der Waals surface area contributed by atoms with Gasteiger partial charge in [0.2, 0.25) is 5.82 Å². The van der Waals surface area contributed by atoms with Gasteiger partial charge in [-0.1, -0.05) is 0 Å². The minimum absolute atomic E-state index is 0.0266. The standard InChI is InChI=1S/C9H13N8O2/c1-16-8(11-13-14-16)9(18,19-2)5-7-10-12-15-17(7)6-3-4-6/h6H,3-5H2,1-2H3. The Kier molecular flexibility index (Phi) is 2.75. The van der Waals surface area contributed by atoms with Crippen LogP contribution in [0.2, 0.25) is 0 Å². The summed E-state index contributed by atoms with van der Waals surface area (Å²) in [6.45, 7) is 0. The molecule has 0 aromatic carbocycles. The number of hydrogen-bond acceptors (Lipinski definition) is 7. The molecule has 101 valence electrons. The molecule has 3 rings (SSSR count). The van der Waals surface area contributed by atoms with E-state index in [1.165, 1.54) is 11.8 Å². The number of rotatable bonds is 5. The summed E-state index contributed by atoms with van der Waals surface area (Å²) in [5, 5.41) is 35.0. The number of ether oxygens (including phenoxy) is 1. The summed E-state index contributed by atoms with van der Waals surface area (Å²) in [5.41, 5.74) is 0. The molecular weight excluding hydrogens is 252 g/mol. The van der Waals surface area contributed by atoms with Crippen LogP contribution in [0.1, 0.15) is 30.5 Å². The molecule has 1 unspecified atom stereocenters. The summed E-state index contributed by atoms with van der Waals surface area (Å²) in [7, 11) is 2.91. The van der Waals surface area contributed by atoms with E-state index in [1.807, 2.05) is 0 Å². The molecule has 0 N–H and O–H groups in total. The van der Waals surface area contributed by atoms with Gasteiger partial charge in [0.25, 0.3) is 5.79 Å². The van der Waals surface area contributed by atoms with Crippen molar-refractivity contribution in [2.24, 2.45) is 7.05 Å². The van der Waals surface area contributed by atoms with Crippen LogP contribution in [0, 0.1) is 0 Å². The molecular formula is C9H13N8O2. The highest BCUT2D eigenvalue weighted by Crippen LogP contribution is 2.35. The molecule has 1 aliphatic rings. The van der Waals surface area contributed by atoms with Crippen LogP contribution >= 0.6 is 0 Å². The van der Waals surface area contributed by atoms with Gasteiger partial charge in [0.05, 0.1) is 12.5 Å². The van der Waals surface area contributed by atoms with Gasteiger partial charge in [0, 0.05) is 14.2 Å². The molecule has 2 aromatic heterocycles. The van der Waals surface area contributed by atoms with Gasteiger partial charge in [-0.15, -0.1) is 10.2 Å². The molecule has 10 nitrogen and oxygen atoms in total. The van der Waals surface area contributed by atoms with Crippen molar-refractivity contribution in [3.05, 3.63) is 11.6 Å². The third-order valence-electron chi connectivity index (χ3n) is 3.14. The Morgan fingerprint density at radius 2 is 2.05 bits per heavy atom. The van der Waals surface area contributed by atoms with Crippen molar-refractivity contribution >= 4 is 0 Å². The van der Waals surface area contributed by atoms with Gasteiger partial charge in [-0.05, 0) is 33.7 Å². The molecule has 2 aromatic rings. The van der Waals surface area contributed by atoms with Gasteiger partial charge in [-0.3, -0.25) is 0 Å². The number of hydrogen-bond donors (Lipinski definition) is 0. The first-order chi connectivity index (χ1) is 9.14. The summed E-state index contributed by atoms with van der Waals surface area (Å²) in [6, 6.07) is 0.295. The van der Waals surface area contributed by atoms with Crippen LogP contribution in [0.15, 0.2) is 0 Å². The molecule has 0 bridgehead atoms. The van der Waals surface area contributed by atoms with Crippen molar-refractivity contribution < 1.29 is 9.84 Å². The summed E-state index contributed by atoms with van der Waals surface area (Å²) < 4.78 is 8.03. The topological polar surface area (TPSA) is 116 Å². The Morgan fingerprint density at radius 1 is 1.32 bits per heavy atom. The first-order valence-corrected chi connectivity index (χ1v) is 5.89. The molecule has 0 saturated heterocycles. The number of aryl methyl sites for hydroxylation is 1. The van der Waals surface area contributed by atoms with Crippen molar-refractivity contribution in [3.63, 3.8) is 0 Å². The quantitative estimate of drug-likeness (QED) is 0.636. The van der Waals surface area contributed by atoms with Crippen molar-refractivity contribution in [1.82, 2.24) is 40.4 Å². The molecule has 10 heteroatoms. The van der Waals surface area contributed by atoms with Gasteiger partial charge >= 0.3 is 0 Å². The van der Waals surface area contributed by atoms with Crippen LogP contribution in [0.25, 0.3) is 0 Å². The summed E-state index contributed by atoms with van der Waals surface area (Å²) in [4.78, 5) is 0. The molecule has 1 atom stereocenters. The molecule has 0 amide bonds. The van der Waals surface area contributed by atoms with Crippen molar-refractivity contribution in [3.8, 4) is 0 Å². The monoisotopic (exact) mass is 265 g/mol. The number of tetrazole rings is 2. The van der Waals surface area contributed by atoms with Crippen LogP contribution in [-0.2, 0) is 29.1 Å². The number of nitrogens with zero attached hydrogens (tertiary/aromatic N) is 8. The minimum Gasteiger partial charge on any atom is -0.344 e. The van der Waals surface area contributed by atoms with Crippen molar-refractivity contribution in [2.75, 3.05) is 7.11 Å². The highest BCUT2D eigenvalue weighted by Gasteiger charge is 2.41. The molecule has 0 spiro atoms. The molecule has 1 radical (unpaired) electrons. The average Bonchev–Trinajstić information content (AvgIpc) is 2.99. The predicted molar refractivity (Wildman–Crippen MR) is 58.0 cm³/mol. The normalized spacial score (nSPS) is 18.5. The van der Waals surface area contributed by atoms with Crippen molar-refractivity contribution in [2.45, 2.75) is 31.1 Å². The fourth-order valence-corrected chi connectivity index (χ4v) is 1.93. The zero-order valence-corrected chi connectivity index (χ0v) is 10.6. The average molecular weight is 265 g/mol. The summed E-state index contributed by atoms with van der Waals surface area (Å²) in [5.74, 6) is -1.32.